The molecule has 0 atom stereocenters. The van der Waals surface area contributed by atoms with Crippen molar-refractivity contribution in [2.24, 2.45) is 0 Å². The predicted molar refractivity (Wildman–Crippen MR) is 170 cm³/mol. The Morgan fingerprint density at radius 3 is 1.06 bits per heavy atom. The van der Waals surface area contributed by atoms with Crippen molar-refractivity contribution in [3.8, 4) is 0 Å². The van der Waals surface area contributed by atoms with Crippen LogP contribution in [0, 0.1) is 13.8 Å². The smallest absolute Gasteiger partial charge is 0.00680 e. The summed E-state index contributed by atoms with van der Waals surface area (Å²) in [4.78, 5) is 1.49. The number of aryl methyl sites for hydroxylation is 2. The van der Waals surface area contributed by atoms with Crippen LogP contribution >= 0.6 is 23.5 Å². The molecule has 0 aliphatic rings. The van der Waals surface area contributed by atoms with Gasteiger partial charge < -0.3 is 50.5 Å². The quantitative estimate of drug-likeness (QED) is 0.146. The fourth-order valence-electron chi connectivity index (χ4n) is 2.98. The van der Waals surface area contributed by atoms with Crippen molar-refractivity contribution in [3.63, 3.8) is 0 Å². The van der Waals surface area contributed by atoms with Crippen LogP contribution in [-0.2, 0) is 67.0 Å². The minimum Gasteiger partial charge on any atom is -0.781 e. The molecule has 7 heteroatoms. The largest absolute Gasteiger partial charge is 0.781 e. The zero-order chi connectivity index (χ0) is 25.7. The van der Waals surface area contributed by atoms with Crippen molar-refractivity contribution in [3.05, 3.63) is 79.3 Å². The van der Waals surface area contributed by atoms with Gasteiger partial charge in [-0.3, -0.25) is 0 Å². The first-order valence-corrected chi connectivity index (χ1v) is 15.2. The molecule has 0 aliphatic carbocycles. The van der Waals surface area contributed by atoms with Crippen molar-refractivity contribution in [2.75, 3.05) is 0 Å². The van der Waals surface area contributed by atoms with Crippen LogP contribution in [0.25, 0.3) is 9.81 Å². The molecule has 0 heterocycles. The van der Waals surface area contributed by atoms with Gasteiger partial charge in [-0.15, -0.1) is 0 Å². The van der Waals surface area contributed by atoms with Gasteiger partial charge in [0.2, 0.25) is 0 Å². The van der Waals surface area contributed by atoms with E-state index in [-0.39, 0.29) is 16.5 Å². The maximum atomic E-state index is 5.46. The maximum absolute atomic E-state index is 5.46. The van der Waals surface area contributed by atoms with Crippen LogP contribution in [-0.4, -0.2) is 10.5 Å². The molecule has 0 amide bonds. The Morgan fingerprint density at radius 2 is 0.829 bits per heavy atom. The summed E-state index contributed by atoms with van der Waals surface area (Å²) >= 11 is 25.3. The van der Waals surface area contributed by atoms with Crippen LogP contribution in [0.2, 0.25) is 0 Å². The number of hydrogen-bond donors (Lipinski definition) is 0. The molecule has 2 rings (SSSR count). The molecule has 0 fully saturated rings. The molecule has 0 spiro atoms. The molecule has 0 radical (unpaired) electrons. The van der Waals surface area contributed by atoms with Crippen molar-refractivity contribution >= 4 is 83.8 Å². The second-order valence-corrected chi connectivity index (χ2v) is 12.8. The standard InChI is InChI=1S/C16H16S2.C12H24S4.Ni/c1-11-3-7-13(8-4-11)15(17)16(18)14-9-5-12(2)6-10-14;1-5-9(6-2)15-11(13)12(14)16-10(7-3)8-4;/h3-10,17-18H,1-2H3;9-10,13-14H,5-8H2,1-4H3;/p-4/b16-15-;12-11-;. The third-order valence-electron chi connectivity index (χ3n) is 5.37. The first-order chi connectivity index (χ1) is 16.2. The summed E-state index contributed by atoms with van der Waals surface area (Å²) in [6.45, 7) is 13.0. The molecule has 2 aromatic carbocycles. The van der Waals surface area contributed by atoms with Crippen molar-refractivity contribution in [2.45, 2.75) is 77.7 Å². The Bertz CT molecular complexity index is 836. The van der Waals surface area contributed by atoms with Crippen molar-refractivity contribution < 1.29 is 16.5 Å². The van der Waals surface area contributed by atoms with Gasteiger partial charge in [0.15, 0.2) is 0 Å². The van der Waals surface area contributed by atoms with Crippen molar-refractivity contribution in [1.82, 2.24) is 0 Å². The summed E-state index contributed by atoms with van der Waals surface area (Å²) in [6, 6.07) is 16.3. The van der Waals surface area contributed by atoms with Gasteiger partial charge in [0, 0.05) is 27.0 Å². The molecule has 0 aromatic heterocycles. The van der Waals surface area contributed by atoms with Crippen LogP contribution in [0.4, 0.5) is 0 Å². The molecule has 0 aliphatic heterocycles. The number of thioether (sulfide) groups is 2. The fourth-order valence-corrected chi connectivity index (χ4v) is 6.35. The Morgan fingerprint density at radius 1 is 0.571 bits per heavy atom. The number of rotatable bonds is 10. The third-order valence-corrected chi connectivity index (χ3v) is 10.7. The van der Waals surface area contributed by atoms with E-state index in [1.165, 1.54) is 36.8 Å². The predicted octanol–water partition coefficient (Wildman–Crippen LogP) is 9.27. The van der Waals surface area contributed by atoms with E-state index in [0.717, 1.165) is 29.4 Å². The average Bonchev–Trinajstić information content (AvgIpc) is 2.85. The molecule has 0 unspecified atom stereocenters. The van der Waals surface area contributed by atoms with E-state index >= 15 is 0 Å². The van der Waals surface area contributed by atoms with Crippen LogP contribution in [0.1, 0.15) is 75.6 Å². The fraction of sp³-hybridized carbons (Fsp3) is 0.429. The molecule has 0 nitrogen and oxygen atoms in total. The summed E-state index contributed by atoms with van der Waals surface area (Å²) in [5, 5.41) is 1.26. The van der Waals surface area contributed by atoms with E-state index in [1.807, 2.05) is 24.3 Å². The summed E-state index contributed by atoms with van der Waals surface area (Å²) in [6.07, 6.45) is 4.66. The van der Waals surface area contributed by atoms with Crippen molar-refractivity contribution in [1.29, 1.82) is 0 Å². The van der Waals surface area contributed by atoms with Gasteiger partial charge >= 0.3 is 0 Å². The molecular weight excluding hydrogens is 587 g/mol. The molecule has 0 saturated carbocycles. The van der Waals surface area contributed by atoms with Gasteiger partial charge in [0.05, 0.1) is 0 Å². The SMILES string of the molecule is CCC(CC)S/C([S-])=C(/[S-])SC(CC)CC.Cc1ccc(/C([S-])=C(/[S-])c2ccc(C)cc2)cc1.[Ni]. The summed E-state index contributed by atoms with van der Waals surface area (Å²) in [5.74, 6) is 0. The Hall–Kier alpha value is -0.00649. The Labute approximate surface area is 255 Å². The molecule has 2 aromatic rings. The van der Waals surface area contributed by atoms with Gasteiger partial charge in [-0.1, -0.05) is 87.4 Å². The van der Waals surface area contributed by atoms with Crippen LogP contribution in [0.15, 0.2) is 57.0 Å². The zero-order valence-electron chi connectivity index (χ0n) is 21.4. The van der Waals surface area contributed by atoms with E-state index in [0.29, 0.717) is 10.5 Å². The van der Waals surface area contributed by atoms with Crippen LogP contribution in [0.3, 0.4) is 0 Å². The molecule has 0 bridgehead atoms. The van der Waals surface area contributed by atoms with E-state index in [2.05, 4.69) is 65.8 Å². The number of hydrogen-bond acceptors (Lipinski definition) is 6. The minimum absolute atomic E-state index is 0. The Kier molecular flexibility index (Phi) is 19.1. The maximum Gasteiger partial charge on any atom is 0.00680 e. The van der Waals surface area contributed by atoms with Gasteiger partial charge in [-0.25, -0.2) is 0 Å². The number of benzene rings is 2. The van der Waals surface area contributed by atoms with Gasteiger partial charge in [0.25, 0.3) is 0 Å². The Balaban J connectivity index is 0.000000648. The third kappa shape index (κ3) is 12.9. The van der Waals surface area contributed by atoms with E-state index in [4.69, 9.17) is 50.5 Å². The molecule has 35 heavy (non-hydrogen) atoms. The first-order valence-electron chi connectivity index (χ1n) is 11.8. The molecular formula is C28H36NiS6-4. The monoisotopic (exact) mass is 622 g/mol. The normalized spacial score (nSPS) is 12.3. The van der Waals surface area contributed by atoms with Gasteiger partial charge in [0.1, 0.15) is 0 Å². The second kappa shape index (κ2) is 19.1. The first kappa shape index (κ1) is 35.0. The van der Waals surface area contributed by atoms with Crippen LogP contribution < -0.4 is 0 Å². The van der Waals surface area contributed by atoms with Crippen LogP contribution in [0.5, 0.6) is 0 Å². The van der Waals surface area contributed by atoms with E-state index < -0.39 is 0 Å². The van der Waals surface area contributed by atoms with E-state index in [1.54, 1.807) is 23.5 Å². The molecule has 198 valence electrons. The van der Waals surface area contributed by atoms with E-state index in [9.17, 15) is 0 Å². The van der Waals surface area contributed by atoms with Gasteiger partial charge in [-0.2, -0.15) is 41.8 Å². The zero-order valence-corrected chi connectivity index (χ0v) is 27.3. The van der Waals surface area contributed by atoms with Gasteiger partial charge in [-0.05, 0) is 50.7 Å². The second-order valence-electron chi connectivity index (χ2n) is 8.08. The average molecular weight is 624 g/mol. The summed E-state index contributed by atoms with van der Waals surface area (Å²) in [7, 11) is 0. The summed E-state index contributed by atoms with van der Waals surface area (Å²) < 4.78 is 1.86. The molecule has 0 N–H and O–H groups in total. The summed E-state index contributed by atoms with van der Waals surface area (Å²) in [5.41, 5.74) is 4.48. The topological polar surface area (TPSA) is 0 Å². The molecule has 0 saturated heterocycles. The minimum atomic E-state index is 0.